The third-order valence-electron chi connectivity index (χ3n) is 3.57. The highest BCUT2D eigenvalue weighted by Crippen LogP contribution is 2.28. The van der Waals surface area contributed by atoms with E-state index in [-0.39, 0.29) is 17.4 Å². The van der Waals surface area contributed by atoms with Crippen LogP contribution in [0.2, 0.25) is 10.0 Å². The van der Waals surface area contributed by atoms with Crippen molar-refractivity contribution in [2.24, 2.45) is 0 Å². The minimum Gasteiger partial charge on any atom is -0.353 e. The smallest absolute Gasteiger partial charge is 0.270 e. The summed E-state index contributed by atoms with van der Waals surface area (Å²) in [5, 5.41) is 6.88. The molecule has 1 aromatic heterocycles. The number of hydrogen-bond donors (Lipinski definition) is 2. The zero-order valence-electron chi connectivity index (χ0n) is 13.5. The Balaban J connectivity index is 1.61. The highest BCUT2D eigenvalue weighted by atomic mass is 35.5. The van der Waals surface area contributed by atoms with Crippen molar-refractivity contribution >= 4 is 40.5 Å². The maximum absolute atomic E-state index is 12.9. The number of rotatable bonds is 5. The minimum absolute atomic E-state index is 0.278. The second-order valence-electron chi connectivity index (χ2n) is 5.49. The Morgan fingerprint density at radius 1 is 1.04 bits per heavy atom. The molecule has 0 saturated heterocycles. The predicted molar refractivity (Wildman–Crippen MR) is 102 cm³/mol. The van der Waals surface area contributed by atoms with E-state index in [1.165, 1.54) is 18.3 Å². The topological polar surface area (TPSA) is 54.0 Å². The Kier molecular flexibility index (Phi) is 5.71. The van der Waals surface area contributed by atoms with Crippen molar-refractivity contribution in [3.05, 3.63) is 87.9 Å². The number of benzene rings is 2. The lowest BCUT2D eigenvalue weighted by Crippen LogP contribution is -2.23. The van der Waals surface area contributed by atoms with E-state index in [1.807, 2.05) is 0 Å². The van der Waals surface area contributed by atoms with Crippen LogP contribution in [0.4, 0.5) is 15.8 Å². The fourth-order valence-electron chi connectivity index (χ4n) is 2.22. The van der Waals surface area contributed by atoms with Gasteiger partial charge in [-0.15, -0.1) is 0 Å². The molecule has 132 valence electrons. The molecule has 0 unspecified atom stereocenters. The predicted octanol–water partition coefficient (Wildman–Crippen LogP) is 5.20. The van der Waals surface area contributed by atoms with E-state index in [4.69, 9.17) is 23.2 Å². The summed E-state index contributed by atoms with van der Waals surface area (Å²) in [6.45, 7) is 0.293. The summed E-state index contributed by atoms with van der Waals surface area (Å²) in [5.41, 5.74) is 2.45. The van der Waals surface area contributed by atoms with Gasteiger partial charge in [-0.3, -0.25) is 4.79 Å². The highest BCUT2D eigenvalue weighted by Gasteiger charge is 2.08. The van der Waals surface area contributed by atoms with E-state index in [0.717, 1.165) is 5.56 Å². The first kappa shape index (κ1) is 18.2. The molecule has 0 spiro atoms. The van der Waals surface area contributed by atoms with Crippen LogP contribution >= 0.6 is 23.2 Å². The van der Waals surface area contributed by atoms with Gasteiger partial charge in [0.05, 0.1) is 22.6 Å². The molecule has 0 atom stereocenters. The highest BCUT2D eigenvalue weighted by molar-refractivity contribution is 6.36. The fourth-order valence-corrected chi connectivity index (χ4v) is 2.68. The fraction of sp³-hybridized carbons (Fsp3) is 0.0526. The molecule has 26 heavy (non-hydrogen) atoms. The van der Waals surface area contributed by atoms with Gasteiger partial charge in [0.25, 0.3) is 5.91 Å². The van der Waals surface area contributed by atoms with Crippen LogP contribution in [0.5, 0.6) is 0 Å². The molecule has 4 nitrogen and oxygen atoms in total. The van der Waals surface area contributed by atoms with Gasteiger partial charge in [-0.05, 0) is 48.0 Å². The molecular weight excluding hydrogens is 376 g/mol. The molecule has 3 aromatic rings. The number of amides is 1. The normalized spacial score (nSPS) is 10.4. The molecule has 0 aliphatic rings. The molecule has 1 heterocycles. The summed E-state index contributed by atoms with van der Waals surface area (Å²) < 4.78 is 12.9. The van der Waals surface area contributed by atoms with Gasteiger partial charge in [0.15, 0.2) is 0 Å². The Hall–Kier alpha value is -2.63. The summed E-state index contributed by atoms with van der Waals surface area (Å²) in [6, 6.07) is 14.4. The van der Waals surface area contributed by atoms with Gasteiger partial charge in [0.2, 0.25) is 0 Å². The second kappa shape index (κ2) is 8.17. The molecule has 0 saturated carbocycles. The summed E-state index contributed by atoms with van der Waals surface area (Å²) in [5.74, 6) is -0.629. The van der Waals surface area contributed by atoms with Gasteiger partial charge >= 0.3 is 0 Å². The molecular formula is C19H14Cl2FN3O. The van der Waals surface area contributed by atoms with Crippen molar-refractivity contribution in [2.75, 3.05) is 5.32 Å². The first-order chi connectivity index (χ1) is 12.5. The van der Waals surface area contributed by atoms with E-state index in [2.05, 4.69) is 15.6 Å². The third-order valence-corrected chi connectivity index (χ3v) is 4.12. The average molecular weight is 390 g/mol. The number of carbonyl (C=O) groups excluding carboxylic acids is 1. The lowest BCUT2D eigenvalue weighted by Gasteiger charge is -2.09. The molecule has 0 fully saturated rings. The molecule has 3 rings (SSSR count). The molecule has 2 aromatic carbocycles. The molecule has 0 aliphatic heterocycles. The van der Waals surface area contributed by atoms with Crippen molar-refractivity contribution in [3.8, 4) is 0 Å². The zero-order valence-corrected chi connectivity index (χ0v) is 15.0. The first-order valence-corrected chi connectivity index (χ1v) is 8.47. The largest absolute Gasteiger partial charge is 0.353 e. The molecule has 1 amide bonds. The van der Waals surface area contributed by atoms with Gasteiger partial charge in [0.1, 0.15) is 11.5 Å². The average Bonchev–Trinajstić information content (AvgIpc) is 2.64. The third kappa shape index (κ3) is 4.71. The van der Waals surface area contributed by atoms with Crippen LogP contribution in [-0.2, 0) is 6.54 Å². The van der Waals surface area contributed by atoms with E-state index >= 15 is 0 Å². The number of aromatic nitrogens is 1. The van der Waals surface area contributed by atoms with Crippen molar-refractivity contribution in [1.29, 1.82) is 0 Å². The number of pyridine rings is 1. The molecule has 0 bridgehead atoms. The minimum atomic E-state index is -0.314. The quantitative estimate of drug-likeness (QED) is 0.630. The Bertz CT molecular complexity index is 915. The number of carbonyl (C=O) groups is 1. The zero-order chi connectivity index (χ0) is 18.5. The Morgan fingerprint density at radius 2 is 1.81 bits per heavy atom. The number of hydrogen-bond acceptors (Lipinski definition) is 3. The summed E-state index contributed by atoms with van der Waals surface area (Å²) in [4.78, 5) is 16.3. The summed E-state index contributed by atoms with van der Waals surface area (Å²) in [6.07, 6.45) is 1.54. The molecule has 2 N–H and O–H groups in total. The number of nitrogens with one attached hydrogen (secondary N) is 2. The molecule has 7 heteroatoms. The Labute approximate surface area is 160 Å². The van der Waals surface area contributed by atoms with Crippen LogP contribution < -0.4 is 10.6 Å². The second-order valence-corrected chi connectivity index (χ2v) is 6.33. The van der Waals surface area contributed by atoms with Crippen molar-refractivity contribution in [3.63, 3.8) is 0 Å². The van der Waals surface area contributed by atoms with Crippen LogP contribution in [0.25, 0.3) is 0 Å². The van der Waals surface area contributed by atoms with Crippen LogP contribution in [-0.4, -0.2) is 10.9 Å². The Morgan fingerprint density at radius 3 is 2.46 bits per heavy atom. The van der Waals surface area contributed by atoms with Gasteiger partial charge in [-0.1, -0.05) is 35.3 Å². The van der Waals surface area contributed by atoms with E-state index in [1.54, 1.807) is 42.5 Å². The van der Waals surface area contributed by atoms with Crippen LogP contribution in [0.1, 0.15) is 16.1 Å². The van der Waals surface area contributed by atoms with Crippen LogP contribution in [0.3, 0.4) is 0 Å². The van der Waals surface area contributed by atoms with E-state index in [9.17, 15) is 9.18 Å². The maximum atomic E-state index is 12.9. The molecule has 0 aliphatic carbocycles. The van der Waals surface area contributed by atoms with Gasteiger partial charge in [-0.25, -0.2) is 9.37 Å². The number of nitrogens with zero attached hydrogens (tertiary/aromatic N) is 1. The first-order valence-electron chi connectivity index (χ1n) is 7.72. The maximum Gasteiger partial charge on any atom is 0.270 e. The number of anilines is 2. The van der Waals surface area contributed by atoms with Gasteiger partial charge in [-0.2, -0.15) is 0 Å². The SMILES string of the molecule is O=C(NCc1ccc(F)cc1)c1ccc(Nc2ccc(Cl)cc2Cl)cn1. The van der Waals surface area contributed by atoms with Gasteiger partial charge < -0.3 is 10.6 Å². The van der Waals surface area contributed by atoms with E-state index < -0.39 is 0 Å². The van der Waals surface area contributed by atoms with Crippen molar-refractivity contribution in [1.82, 2.24) is 10.3 Å². The lowest BCUT2D eigenvalue weighted by atomic mass is 10.2. The molecule has 0 radical (unpaired) electrons. The van der Waals surface area contributed by atoms with Crippen LogP contribution in [0, 0.1) is 5.82 Å². The summed E-state index contributed by atoms with van der Waals surface area (Å²) >= 11 is 12.0. The van der Waals surface area contributed by atoms with E-state index in [0.29, 0.717) is 28.0 Å². The standard InChI is InChI=1S/C19H14Cl2FN3O/c20-13-3-7-17(16(21)9-13)25-15-6-8-18(23-11-15)19(26)24-10-12-1-4-14(22)5-2-12/h1-9,11,25H,10H2,(H,24,26). The monoisotopic (exact) mass is 389 g/mol. The lowest BCUT2D eigenvalue weighted by molar-refractivity contribution is 0.0946. The summed E-state index contributed by atoms with van der Waals surface area (Å²) in [7, 11) is 0. The van der Waals surface area contributed by atoms with Crippen molar-refractivity contribution < 1.29 is 9.18 Å². The van der Waals surface area contributed by atoms with Gasteiger partial charge in [0, 0.05) is 11.6 Å². The number of halogens is 3. The van der Waals surface area contributed by atoms with Crippen LogP contribution in [0.15, 0.2) is 60.8 Å². The van der Waals surface area contributed by atoms with Crippen molar-refractivity contribution in [2.45, 2.75) is 6.54 Å².